The molecule has 4 N–H and O–H groups in total. The first-order chi connectivity index (χ1) is 19.4. The van der Waals surface area contributed by atoms with E-state index in [1.54, 1.807) is 4.90 Å². The molecule has 14 nitrogen and oxygen atoms in total. The Morgan fingerprint density at radius 2 is 1.59 bits per heavy atom. The molecule has 0 spiro atoms. The Morgan fingerprint density at radius 1 is 1.00 bits per heavy atom. The molecule has 0 atom stereocenters. The van der Waals surface area contributed by atoms with E-state index >= 15 is 0 Å². The number of likely N-dealkylation sites (N-methyl/N-ethyl adjacent to an activating group) is 1. The van der Waals surface area contributed by atoms with Gasteiger partial charge in [0.15, 0.2) is 17.5 Å². The van der Waals surface area contributed by atoms with Crippen molar-refractivity contribution in [1.82, 2.24) is 34.6 Å². The summed E-state index contributed by atoms with van der Waals surface area (Å²) in [6, 6.07) is 0. The molecular weight excluding hydrogens is 547 g/mol. The van der Waals surface area contributed by atoms with Gasteiger partial charge in [0, 0.05) is 65.8 Å². The summed E-state index contributed by atoms with van der Waals surface area (Å²) in [5, 5.41) is 0. The number of piperazine rings is 1. The number of aromatic nitrogens is 4. The highest BCUT2D eigenvalue weighted by Crippen LogP contribution is 2.36. The van der Waals surface area contributed by atoms with Gasteiger partial charge in [-0.3, -0.25) is 9.59 Å². The fraction of sp³-hybridized carbons (Fsp3) is 0.500. The van der Waals surface area contributed by atoms with Crippen LogP contribution in [-0.4, -0.2) is 126 Å². The van der Waals surface area contributed by atoms with E-state index in [1.807, 2.05) is 4.90 Å². The number of carbonyl (C=O) groups is 2. The van der Waals surface area contributed by atoms with Gasteiger partial charge in [0.2, 0.25) is 5.95 Å². The van der Waals surface area contributed by atoms with Crippen molar-refractivity contribution in [3.63, 3.8) is 0 Å². The molecule has 2 fully saturated rings. The van der Waals surface area contributed by atoms with Crippen molar-refractivity contribution in [3.05, 3.63) is 24.8 Å². The van der Waals surface area contributed by atoms with Gasteiger partial charge in [0.05, 0.1) is 18.8 Å². The molecule has 0 radical (unpaired) electrons. The molecule has 0 unspecified atom stereocenters. The zero-order valence-corrected chi connectivity index (χ0v) is 22.8. The first-order valence-corrected chi connectivity index (χ1v) is 12.7. The number of carbonyl (C=O) groups excluding carboxylic acids is 2. The second-order valence-corrected chi connectivity index (χ2v) is 9.63. The molecule has 2 aromatic heterocycles. The van der Waals surface area contributed by atoms with Crippen LogP contribution in [0.4, 0.5) is 36.4 Å². The lowest BCUT2D eigenvalue weighted by molar-refractivity contribution is -0.151. The van der Waals surface area contributed by atoms with Crippen molar-refractivity contribution in [2.45, 2.75) is 6.18 Å². The third-order valence-electron chi connectivity index (χ3n) is 6.57. The Balaban J connectivity index is 1.70. The number of nitrogen functional groups attached to an aromatic ring is 2. The van der Waals surface area contributed by atoms with Gasteiger partial charge in [0.1, 0.15) is 18.1 Å². The zero-order valence-electron chi connectivity index (χ0n) is 22.8. The fourth-order valence-corrected chi connectivity index (χ4v) is 4.38. The van der Waals surface area contributed by atoms with Crippen LogP contribution in [0.15, 0.2) is 24.8 Å². The van der Waals surface area contributed by atoms with Crippen molar-refractivity contribution in [1.29, 1.82) is 0 Å². The molecule has 0 aliphatic carbocycles. The van der Waals surface area contributed by atoms with Crippen LogP contribution in [0.1, 0.15) is 0 Å². The molecule has 2 aromatic rings. The highest BCUT2D eigenvalue weighted by atomic mass is 19.4. The number of halogens is 3. The van der Waals surface area contributed by atoms with Crippen LogP contribution in [0.25, 0.3) is 11.4 Å². The molecule has 0 aromatic carbocycles. The minimum Gasteiger partial charge on any atom is -0.393 e. The van der Waals surface area contributed by atoms with Crippen molar-refractivity contribution in [2.24, 2.45) is 0 Å². The third kappa shape index (κ3) is 6.85. The summed E-state index contributed by atoms with van der Waals surface area (Å²) in [4.78, 5) is 48.2. The average Bonchev–Trinajstić information content (AvgIpc) is 2.95. The van der Waals surface area contributed by atoms with Crippen LogP contribution >= 0.6 is 0 Å². The molecule has 2 aliphatic rings. The van der Waals surface area contributed by atoms with E-state index in [9.17, 15) is 22.8 Å². The first-order valence-electron chi connectivity index (χ1n) is 12.7. The number of hydrogen-bond donors (Lipinski definition) is 2. The highest BCUT2D eigenvalue weighted by Gasteiger charge is 2.37. The number of rotatable bonds is 6. The summed E-state index contributed by atoms with van der Waals surface area (Å²) in [6.45, 7) is 4.63. The van der Waals surface area contributed by atoms with E-state index in [4.69, 9.17) is 16.2 Å². The Kier molecular flexibility index (Phi) is 8.65. The van der Waals surface area contributed by atoms with Crippen LogP contribution in [0.5, 0.6) is 0 Å². The molecular formula is C24H32F3N11O3. The maximum Gasteiger partial charge on any atom is 0.406 e. The second-order valence-electron chi connectivity index (χ2n) is 9.63. The molecule has 2 aliphatic heterocycles. The molecule has 2 amide bonds. The number of ether oxygens (including phenoxy) is 1. The number of alkyl halides is 3. The summed E-state index contributed by atoms with van der Waals surface area (Å²) < 4.78 is 47.3. The fourth-order valence-electron chi connectivity index (χ4n) is 4.38. The van der Waals surface area contributed by atoms with Crippen LogP contribution in [0, 0.1) is 0 Å². The maximum absolute atomic E-state index is 14.0. The number of hydrogen-bond acceptors (Lipinski definition) is 12. The lowest BCUT2D eigenvalue weighted by atomic mass is 10.2. The SMILES string of the molecule is C=C(N1CCN(C(=O)C(=O)N(C)C)CC1)N(CC(F)(F)F)c1nc(-c2cnc(N)nc2)nc(N2CCOCC2)c1N. The lowest BCUT2D eigenvalue weighted by Gasteiger charge is -2.41. The molecule has 0 bridgehead atoms. The summed E-state index contributed by atoms with van der Waals surface area (Å²) in [7, 11) is 2.94. The van der Waals surface area contributed by atoms with E-state index in [1.165, 1.54) is 36.3 Å². The van der Waals surface area contributed by atoms with Crippen molar-refractivity contribution < 1.29 is 27.5 Å². The summed E-state index contributed by atoms with van der Waals surface area (Å²) in [5.41, 5.74) is 12.3. The Bertz CT molecular complexity index is 1280. The minimum absolute atomic E-state index is 0.00908. The quantitative estimate of drug-likeness (QED) is 0.442. The van der Waals surface area contributed by atoms with E-state index in [-0.39, 0.29) is 61.1 Å². The number of anilines is 4. The normalized spacial score (nSPS) is 16.0. The van der Waals surface area contributed by atoms with Crippen molar-refractivity contribution in [2.75, 3.05) is 94.4 Å². The van der Waals surface area contributed by atoms with Crippen LogP contribution < -0.4 is 21.3 Å². The van der Waals surface area contributed by atoms with Gasteiger partial charge < -0.3 is 40.7 Å². The van der Waals surface area contributed by atoms with Crippen molar-refractivity contribution >= 4 is 35.1 Å². The third-order valence-corrected chi connectivity index (χ3v) is 6.57. The number of amides is 2. The van der Waals surface area contributed by atoms with Gasteiger partial charge in [-0.2, -0.15) is 13.2 Å². The summed E-state index contributed by atoms with van der Waals surface area (Å²) in [6.07, 6.45) is -1.91. The minimum atomic E-state index is -4.65. The standard InChI is InChI=1S/C24H32F3N11O3/c1-15(35-4-6-37(7-5-35)22(40)21(39)34(2)3)38(14-24(25,26)27)20-17(28)19(36-8-10-41-11-9-36)32-18(33-20)16-12-30-23(29)31-13-16/h12-13H,1,4-11,14,28H2,2-3H3,(H2,29,30,31). The monoisotopic (exact) mass is 579 g/mol. The number of nitrogens with two attached hydrogens (primary N) is 2. The smallest absolute Gasteiger partial charge is 0.393 e. The second kappa shape index (κ2) is 12.0. The zero-order chi connectivity index (χ0) is 29.9. The average molecular weight is 580 g/mol. The van der Waals surface area contributed by atoms with Crippen molar-refractivity contribution in [3.8, 4) is 11.4 Å². The predicted octanol–water partition coefficient (Wildman–Crippen LogP) is 0.00690. The van der Waals surface area contributed by atoms with Gasteiger partial charge in [-0.05, 0) is 0 Å². The van der Waals surface area contributed by atoms with Crippen LogP contribution in [0.3, 0.4) is 0 Å². The first kappa shape index (κ1) is 29.6. The van der Waals surface area contributed by atoms with E-state index in [0.717, 1.165) is 4.90 Å². The summed E-state index contributed by atoms with van der Waals surface area (Å²) >= 11 is 0. The molecule has 17 heteroatoms. The van der Waals surface area contributed by atoms with Gasteiger partial charge in [0.25, 0.3) is 0 Å². The van der Waals surface area contributed by atoms with E-state index in [2.05, 4.69) is 26.5 Å². The number of nitrogens with zero attached hydrogens (tertiary/aromatic N) is 9. The highest BCUT2D eigenvalue weighted by molar-refractivity contribution is 6.34. The summed E-state index contributed by atoms with van der Waals surface area (Å²) in [5.74, 6) is -1.29. The topological polar surface area (TPSA) is 163 Å². The molecule has 222 valence electrons. The van der Waals surface area contributed by atoms with Crippen LogP contribution in [-0.2, 0) is 14.3 Å². The van der Waals surface area contributed by atoms with Crippen LogP contribution in [0.2, 0.25) is 0 Å². The van der Waals surface area contributed by atoms with E-state index < -0.39 is 24.5 Å². The van der Waals surface area contributed by atoms with Gasteiger partial charge in [-0.1, -0.05) is 6.58 Å². The largest absolute Gasteiger partial charge is 0.406 e. The van der Waals surface area contributed by atoms with Gasteiger partial charge in [-0.25, -0.2) is 19.9 Å². The Hall–Kier alpha value is -4.41. The molecule has 4 rings (SSSR count). The molecule has 41 heavy (non-hydrogen) atoms. The Morgan fingerprint density at radius 3 is 2.15 bits per heavy atom. The molecule has 2 saturated heterocycles. The molecule has 4 heterocycles. The Labute approximate surface area is 234 Å². The van der Waals surface area contributed by atoms with Gasteiger partial charge >= 0.3 is 18.0 Å². The number of morpholine rings is 1. The predicted molar refractivity (Wildman–Crippen MR) is 144 cm³/mol. The lowest BCUT2D eigenvalue weighted by Crippen LogP contribution is -2.54. The molecule has 0 saturated carbocycles. The maximum atomic E-state index is 14.0. The van der Waals surface area contributed by atoms with Gasteiger partial charge in [-0.15, -0.1) is 0 Å². The van der Waals surface area contributed by atoms with E-state index in [0.29, 0.717) is 31.9 Å².